The van der Waals surface area contributed by atoms with Crippen molar-refractivity contribution in [2.45, 2.75) is 27.2 Å². The minimum Gasteiger partial charge on any atom is -0.385 e. The molecular weight excluding hydrogens is 413 g/mol. The third kappa shape index (κ3) is 5.07. The number of aryl methyl sites for hydroxylation is 1. The Morgan fingerprint density at radius 2 is 1.88 bits per heavy atom. The molecule has 0 saturated carbocycles. The predicted octanol–water partition coefficient (Wildman–Crippen LogP) is 3.08. The highest BCUT2D eigenvalue weighted by molar-refractivity contribution is 5.82. The summed E-state index contributed by atoms with van der Waals surface area (Å²) < 4.78 is 13.8. The van der Waals surface area contributed by atoms with Crippen LogP contribution in [0.25, 0.3) is 29.3 Å². The van der Waals surface area contributed by atoms with Gasteiger partial charge in [0, 0.05) is 76.8 Å². The maximum absolute atomic E-state index is 13.8. The Balaban J connectivity index is 1.43. The first-order chi connectivity index (χ1) is 15.9. The largest absolute Gasteiger partial charge is 0.385 e. The molecule has 0 amide bonds. The van der Waals surface area contributed by atoms with Crippen molar-refractivity contribution in [2.24, 2.45) is 0 Å². The molecule has 5 nitrogen and oxygen atoms in total. The standard InChI is InChI=1S/C27H36FN5/c1-6-32-12-14-33(15-13-32)11-7-10-29-20(4)27-18(2)26(31-21(27)5)17-23-19(3)30-25-9-8-22(28)16-24(23)25/h8-9,16-17,29-31H,3-4,6-7,10-15H2,1-2,5H3/b23-17+. The zero-order valence-corrected chi connectivity index (χ0v) is 20.2. The zero-order valence-electron chi connectivity index (χ0n) is 20.2. The molecule has 6 heteroatoms. The number of likely N-dealkylation sites (N-methyl/N-ethyl adjacent to an activating group) is 1. The van der Waals surface area contributed by atoms with Gasteiger partial charge in [-0.2, -0.15) is 0 Å². The highest BCUT2D eigenvalue weighted by Gasteiger charge is 2.16. The Bertz CT molecular complexity index is 1240. The number of rotatable bonds is 8. The molecule has 3 aromatic rings. The Kier molecular flexibility index (Phi) is 7.05. The summed E-state index contributed by atoms with van der Waals surface area (Å²) in [4.78, 5) is 11.8. The average molecular weight is 450 g/mol. The van der Waals surface area contributed by atoms with E-state index < -0.39 is 0 Å². The molecule has 0 atom stereocenters. The number of halogens is 1. The fourth-order valence-electron chi connectivity index (χ4n) is 4.88. The molecule has 0 spiro atoms. The Morgan fingerprint density at radius 1 is 1.15 bits per heavy atom. The van der Waals surface area contributed by atoms with Crippen LogP contribution in [0.5, 0.6) is 0 Å². The van der Waals surface area contributed by atoms with Crippen molar-refractivity contribution in [1.29, 1.82) is 0 Å². The number of piperazine rings is 1. The fraction of sp³-hybridized carbons (Fsp3) is 0.407. The van der Waals surface area contributed by atoms with Crippen molar-refractivity contribution in [3.63, 3.8) is 0 Å². The van der Waals surface area contributed by atoms with Crippen LogP contribution in [0.2, 0.25) is 0 Å². The maximum Gasteiger partial charge on any atom is 0.123 e. The molecule has 1 saturated heterocycles. The van der Waals surface area contributed by atoms with Gasteiger partial charge in [0.05, 0.1) is 0 Å². The summed E-state index contributed by atoms with van der Waals surface area (Å²) in [6.07, 6.45) is 3.15. The van der Waals surface area contributed by atoms with Crippen LogP contribution in [-0.2, 0) is 0 Å². The molecule has 0 aliphatic carbocycles. The number of hydrogen-bond donors (Lipinski definition) is 3. The van der Waals surface area contributed by atoms with Crippen LogP contribution in [0.1, 0.15) is 35.9 Å². The van der Waals surface area contributed by atoms with Gasteiger partial charge in [-0.1, -0.05) is 20.1 Å². The first-order valence-corrected chi connectivity index (χ1v) is 11.9. The van der Waals surface area contributed by atoms with E-state index in [1.165, 1.54) is 19.2 Å². The molecule has 2 aromatic heterocycles. The van der Waals surface area contributed by atoms with Crippen LogP contribution in [-0.4, -0.2) is 65.6 Å². The smallest absolute Gasteiger partial charge is 0.123 e. The van der Waals surface area contributed by atoms with E-state index in [0.29, 0.717) is 0 Å². The third-order valence-corrected chi connectivity index (χ3v) is 6.85. The molecule has 1 fully saturated rings. The number of aromatic amines is 2. The van der Waals surface area contributed by atoms with Gasteiger partial charge in [-0.3, -0.25) is 0 Å². The van der Waals surface area contributed by atoms with Crippen LogP contribution >= 0.6 is 0 Å². The van der Waals surface area contributed by atoms with Crippen molar-refractivity contribution >= 4 is 29.3 Å². The second-order valence-electron chi connectivity index (χ2n) is 9.05. The lowest BCUT2D eigenvalue weighted by atomic mass is 10.1. The van der Waals surface area contributed by atoms with E-state index in [0.717, 1.165) is 88.8 Å². The van der Waals surface area contributed by atoms with Crippen molar-refractivity contribution in [1.82, 2.24) is 25.1 Å². The molecule has 33 heavy (non-hydrogen) atoms. The number of fused-ring (bicyclic) bond motifs is 1. The minimum atomic E-state index is -0.249. The minimum absolute atomic E-state index is 0.249. The van der Waals surface area contributed by atoms with Gasteiger partial charge < -0.3 is 25.1 Å². The Hall–Kier alpha value is -2.83. The zero-order chi connectivity index (χ0) is 23.5. The summed E-state index contributed by atoms with van der Waals surface area (Å²) in [5, 5.41) is 6.05. The van der Waals surface area contributed by atoms with Gasteiger partial charge in [-0.05, 0) is 63.2 Å². The van der Waals surface area contributed by atoms with E-state index in [9.17, 15) is 4.39 Å². The van der Waals surface area contributed by atoms with E-state index in [2.05, 4.69) is 65.1 Å². The van der Waals surface area contributed by atoms with Crippen LogP contribution in [0, 0.1) is 19.7 Å². The second-order valence-corrected chi connectivity index (χ2v) is 9.05. The predicted molar refractivity (Wildman–Crippen MR) is 137 cm³/mol. The Labute approximate surface area is 195 Å². The van der Waals surface area contributed by atoms with Gasteiger partial charge in [-0.15, -0.1) is 0 Å². The van der Waals surface area contributed by atoms with E-state index in [-0.39, 0.29) is 5.82 Å². The highest BCUT2D eigenvalue weighted by Crippen LogP contribution is 2.24. The van der Waals surface area contributed by atoms with Crippen LogP contribution in [0.3, 0.4) is 0 Å². The summed E-state index contributed by atoms with van der Waals surface area (Å²) in [5.74, 6) is -0.249. The third-order valence-electron chi connectivity index (χ3n) is 6.85. The summed E-state index contributed by atoms with van der Waals surface area (Å²) >= 11 is 0. The number of nitrogens with zero attached hydrogens (tertiary/aromatic N) is 2. The van der Waals surface area contributed by atoms with Crippen molar-refractivity contribution in [3.8, 4) is 0 Å². The van der Waals surface area contributed by atoms with E-state index >= 15 is 0 Å². The first kappa shape index (κ1) is 23.3. The van der Waals surface area contributed by atoms with E-state index in [1.54, 1.807) is 12.1 Å². The van der Waals surface area contributed by atoms with Gasteiger partial charge in [0.1, 0.15) is 5.82 Å². The number of hydrogen-bond acceptors (Lipinski definition) is 3. The second kappa shape index (κ2) is 9.98. The highest BCUT2D eigenvalue weighted by atomic mass is 19.1. The molecule has 3 heterocycles. The molecule has 4 rings (SSSR count). The molecular formula is C27H36FN5. The van der Waals surface area contributed by atoms with Crippen LogP contribution in [0.15, 0.2) is 24.8 Å². The van der Waals surface area contributed by atoms with Crippen molar-refractivity contribution in [3.05, 3.63) is 63.7 Å². The molecule has 0 radical (unpaired) electrons. The number of H-pyrrole nitrogens is 2. The number of nitrogens with one attached hydrogen (secondary N) is 3. The summed E-state index contributed by atoms with van der Waals surface area (Å²) in [5.41, 5.74) is 6.14. The molecule has 1 aromatic carbocycles. The molecule has 176 valence electrons. The molecule has 1 aliphatic rings. The first-order valence-electron chi connectivity index (χ1n) is 11.9. The quantitative estimate of drug-likeness (QED) is 0.463. The SMILES string of the molecule is C=C(NCCCN1CCN(CC)CC1)c1c(C)[nH]c(/C=c2\c(=C)[nH]c3ccc(F)cc23)c1C. The van der Waals surface area contributed by atoms with Crippen molar-refractivity contribution < 1.29 is 4.39 Å². The lowest BCUT2D eigenvalue weighted by Gasteiger charge is -2.34. The van der Waals surface area contributed by atoms with E-state index in [1.807, 2.05) is 0 Å². The molecule has 0 bridgehead atoms. The van der Waals surface area contributed by atoms with Gasteiger partial charge in [0.15, 0.2) is 0 Å². The van der Waals surface area contributed by atoms with Gasteiger partial charge in [0.2, 0.25) is 0 Å². The van der Waals surface area contributed by atoms with Crippen LogP contribution in [0.4, 0.5) is 4.39 Å². The van der Waals surface area contributed by atoms with Crippen molar-refractivity contribution in [2.75, 3.05) is 45.8 Å². The van der Waals surface area contributed by atoms with Gasteiger partial charge >= 0.3 is 0 Å². The molecule has 1 aliphatic heterocycles. The summed E-state index contributed by atoms with van der Waals surface area (Å²) in [6, 6.07) is 4.77. The number of benzene rings is 1. The summed E-state index contributed by atoms with van der Waals surface area (Å²) in [7, 11) is 0. The lowest BCUT2D eigenvalue weighted by Crippen LogP contribution is -2.46. The maximum atomic E-state index is 13.8. The monoisotopic (exact) mass is 449 g/mol. The summed E-state index contributed by atoms with van der Waals surface area (Å²) in [6.45, 7) is 22.7. The average Bonchev–Trinajstić information content (AvgIpc) is 3.26. The normalized spacial score (nSPS) is 16.1. The van der Waals surface area contributed by atoms with Gasteiger partial charge in [0.25, 0.3) is 0 Å². The molecule has 0 unspecified atom stereocenters. The van der Waals surface area contributed by atoms with Crippen LogP contribution < -0.4 is 15.9 Å². The van der Waals surface area contributed by atoms with E-state index in [4.69, 9.17) is 0 Å². The topological polar surface area (TPSA) is 50.1 Å². The lowest BCUT2D eigenvalue weighted by molar-refractivity contribution is 0.136. The number of aromatic nitrogens is 2. The van der Waals surface area contributed by atoms with Gasteiger partial charge in [-0.25, -0.2) is 4.39 Å². The Morgan fingerprint density at radius 3 is 2.61 bits per heavy atom. The fourth-order valence-corrected chi connectivity index (χ4v) is 4.88. The molecule has 3 N–H and O–H groups in total.